The second-order valence-corrected chi connectivity index (χ2v) is 5.61. The van der Waals surface area contributed by atoms with E-state index >= 15 is 0 Å². The number of carbonyl (C=O) groups excluding carboxylic acids is 1. The Labute approximate surface area is 124 Å². The first kappa shape index (κ1) is 15.3. The topological polar surface area (TPSA) is 91.8 Å². The molecule has 0 radical (unpaired) electrons. The average Bonchev–Trinajstić information content (AvgIpc) is 2.54. The average molecular weight is 290 g/mol. The summed E-state index contributed by atoms with van der Waals surface area (Å²) in [5, 5.41) is 11.5. The van der Waals surface area contributed by atoms with Crippen LogP contribution in [0, 0.1) is 5.92 Å². The van der Waals surface area contributed by atoms with Gasteiger partial charge in [-0.2, -0.15) is 0 Å². The second-order valence-electron chi connectivity index (χ2n) is 5.61. The van der Waals surface area contributed by atoms with Crippen LogP contribution in [-0.4, -0.2) is 40.4 Å². The van der Waals surface area contributed by atoms with Gasteiger partial charge < -0.3 is 15.8 Å². The standard InChI is InChI=1S/C15H22N4O2/c1-19(10-11-5-3-2-4-6-11)15(20)13-8-7-12(9-17-13)14(16)18-21/h7-9,11,21H,2-6,10H2,1H3,(H2,16,18). The Balaban J connectivity index is 1.98. The molecule has 0 atom stereocenters. The molecule has 114 valence electrons. The lowest BCUT2D eigenvalue weighted by molar-refractivity contribution is 0.0755. The highest BCUT2D eigenvalue weighted by atomic mass is 16.4. The molecule has 1 aromatic rings. The Hall–Kier alpha value is -2.11. The molecule has 1 aromatic heterocycles. The Bertz CT molecular complexity index is 507. The molecular weight excluding hydrogens is 268 g/mol. The number of amides is 1. The molecule has 1 amide bonds. The summed E-state index contributed by atoms with van der Waals surface area (Å²) in [5.41, 5.74) is 6.34. The van der Waals surface area contributed by atoms with Gasteiger partial charge in [0.1, 0.15) is 5.69 Å². The quantitative estimate of drug-likeness (QED) is 0.383. The van der Waals surface area contributed by atoms with Crippen molar-refractivity contribution in [3.63, 3.8) is 0 Å². The first-order valence-corrected chi connectivity index (χ1v) is 7.31. The van der Waals surface area contributed by atoms with Crippen LogP contribution in [0.2, 0.25) is 0 Å². The van der Waals surface area contributed by atoms with Crippen LogP contribution in [-0.2, 0) is 0 Å². The van der Waals surface area contributed by atoms with E-state index in [2.05, 4.69) is 10.1 Å². The Morgan fingerprint density at radius 2 is 2.14 bits per heavy atom. The third-order valence-electron chi connectivity index (χ3n) is 3.99. The summed E-state index contributed by atoms with van der Waals surface area (Å²) < 4.78 is 0. The van der Waals surface area contributed by atoms with Crippen molar-refractivity contribution in [1.82, 2.24) is 9.88 Å². The predicted molar refractivity (Wildman–Crippen MR) is 80.3 cm³/mol. The molecule has 6 nitrogen and oxygen atoms in total. The van der Waals surface area contributed by atoms with E-state index in [1.165, 1.54) is 38.3 Å². The minimum absolute atomic E-state index is 0.0166. The zero-order chi connectivity index (χ0) is 15.2. The SMILES string of the molecule is CN(CC1CCCCC1)C(=O)c1ccc(C(N)=NO)cn1. The number of nitrogens with two attached hydrogens (primary N) is 1. The molecule has 0 aliphatic heterocycles. The van der Waals surface area contributed by atoms with Crippen LogP contribution in [0.5, 0.6) is 0 Å². The molecule has 0 saturated heterocycles. The molecule has 21 heavy (non-hydrogen) atoms. The van der Waals surface area contributed by atoms with E-state index in [-0.39, 0.29) is 11.7 Å². The second kappa shape index (κ2) is 7.06. The lowest BCUT2D eigenvalue weighted by atomic mass is 9.89. The molecular formula is C15H22N4O2. The molecule has 1 aliphatic carbocycles. The number of nitrogens with zero attached hydrogens (tertiary/aromatic N) is 3. The maximum Gasteiger partial charge on any atom is 0.272 e. The smallest absolute Gasteiger partial charge is 0.272 e. The fourth-order valence-corrected chi connectivity index (χ4v) is 2.77. The predicted octanol–water partition coefficient (Wildman–Crippen LogP) is 1.83. The summed E-state index contributed by atoms with van der Waals surface area (Å²) in [6, 6.07) is 3.23. The van der Waals surface area contributed by atoms with Gasteiger partial charge in [0, 0.05) is 25.4 Å². The van der Waals surface area contributed by atoms with E-state index in [0.717, 1.165) is 6.54 Å². The van der Waals surface area contributed by atoms with Gasteiger partial charge in [-0.05, 0) is 30.9 Å². The van der Waals surface area contributed by atoms with Crippen molar-refractivity contribution in [2.75, 3.05) is 13.6 Å². The van der Waals surface area contributed by atoms with Gasteiger partial charge >= 0.3 is 0 Å². The highest BCUT2D eigenvalue weighted by molar-refractivity contribution is 5.98. The van der Waals surface area contributed by atoms with Gasteiger partial charge in [-0.25, -0.2) is 0 Å². The maximum absolute atomic E-state index is 12.3. The van der Waals surface area contributed by atoms with E-state index in [1.807, 2.05) is 7.05 Å². The van der Waals surface area contributed by atoms with Crippen LogP contribution in [0.15, 0.2) is 23.5 Å². The van der Waals surface area contributed by atoms with Gasteiger partial charge in [0.25, 0.3) is 5.91 Å². The van der Waals surface area contributed by atoms with Crippen molar-refractivity contribution < 1.29 is 10.0 Å². The molecule has 2 rings (SSSR count). The van der Waals surface area contributed by atoms with Gasteiger partial charge in [-0.15, -0.1) is 0 Å². The minimum atomic E-state index is -0.0911. The zero-order valence-corrected chi connectivity index (χ0v) is 12.3. The number of rotatable bonds is 4. The van der Waals surface area contributed by atoms with Gasteiger partial charge in [-0.1, -0.05) is 24.4 Å². The van der Waals surface area contributed by atoms with Crippen molar-refractivity contribution in [2.45, 2.75) is 32.1 Å². The summed E-state index contributed by atoms with van der Waals surface area (Å²) in [5.74, 6) is 0.493. The summed E-state index contributed by atoms with van der Waals surface area (Å²) in [6.07, 6.45) is 7.68. The number of amidine groups is 1. The Kier molecular flexibility index (Phi) is 5.14. The highest BCUT2D eigenvalue weighted by Gasteiger charge is 2.19. The van der Waals surface area contributed by atoms with Crippen molar-refractivity contribution in [1.29, 1.82) is 0 Å². The molecule has 3 N–H and O–H groups in total. The fourth-order valence-electron chi connectivity index (χ4n) is 2.77. The molecule has 0 aromatic carbocycles. The third kappa shape index (κ3) is 3.93. The summed E-state index contributed by atoms with van der Waals surface area (Å²) in [6.45, 7) is 0.780. The van der Waals surface area contributed by atoms with Gasteiger partial charge in [-0.3, -0.25) is 9.78 Å². The lowest BCUT2D eigenvalue weighted by Gasteiger charge is -2.26. The Morgan fingerprint density at radius 1 is 1.43 bits per heavy atom. The molecule has 1 aliphatic rings. The first-order valence-electron chi connectivity index (χ1n) is 7.31. The van der Waals surface area contributed by atoms with E-state index in [1.54, 1.807) is 17.0 Å². The maximum atomic E-state index is 12.3. The van der Waals surface area contributed by atoms with Crippen LogP contribution in [0.4, 0.5) is 0 Å². The Morgan fingerprint density at radius 3 is 2.71 bits per heavy atom. The third-order valence-corrected chi connectivity index (χ3v) is 3.99. The number of pyridine rings is 1. The van der Waals surface area contributed by atoms with Gasteiger partial charge in [0.15, 0.2) is 5.84 Å². The van der Waals surface area contributed by atoms with Crippen molar-refractivity contribution in [3.8, 4) is 0 Å². The van der Waals surface area contributed by atoms with Crippen LogP contribution >= 0.6 is 0 Å². The van der Waals surface area contributed by atoms with Gasteiger partial charge in [0.05, 0.1) is 0 Å². The van der Waals surface area contributed by atoms with Crippen molar-refractivity contribution in [3.05, 3.63) is 29.6 Å². The van der Waals surface area contributed by atoms with Crippen LogP contribution in [0.25, 0.3) is 0 Å². The fraction of sp³-hybridized carbons (Fsp3) is 0.533. The molecule has 0 bridgehead atoms. The number of hydrogen-bond acceptors (Lipinski definition) is 4. The number of aromatic nitrogens is 1. The van der Waals surface area contributed by atoms with Crippen molar-refractivity contribution >= 4 is 11.7 Å². The number of carbonyl (C=O) groups is 1. The molecule has 1 fully saturated rings. The summed E-state index contributed by atoms with van der Waals surface area (Å²) in [4.78, 5) is 18.2. The molecule has 6 heteroatoms. The number of oxime groups is 1. The van der Waals surface area contributed by atoms with E-state index in [9.17, 15) is 4.79 Å². The highest BCUT2D eigenvalue weighted by Crippen LogP contribution is 2.24. The summed E-state index contributed by atoms with van der Waals surface area (Å²) in [7, 11) is 1.82. The van der Waals surface area contributed by atoms with E-state index in [0.29, 0.717) is 17.2 Å². The van der Waals surface area contributed by atoms with Crippen LogP contribution in [0.1, 0.15) is 48.2 Å². The van der Waals surface area contributed by atoms with E-state index < -0.39 is 0 Å². The molecule has 1 saturated carbocycles. The first-order chi connectivity index (χ1) is 10.1. The normalized spacial score (nSPS) is 16.7. The largest absolute Gasteiger partial charge is 0.409 e. The van der Waals surface area contributed by atoms with E-state index in [4.69, 9.17) is 10.9 Å². The molecule has 0 unspecified atom stereocenters. The van der Waals surface area contributed by atoms with Crippen molar-refractivity contribution in [2.24, 2.45) is 16.8 Å². The van der Waals surface area contributed by atoms with Crippen LogP contribution in [0.3, 0.4) is 0 Å². The monoisotopic (exact) mass is 290 g/mol. The number of hydrogen-bond donors (Lipinski definition) is 2. The van der Waals surface area contributed by atoms with Crippen LogP contribution < -0.4 is 5.73 Å². The molecule has 1 heterocycles. The molecule has 0 spiro atoms. The lowest BCUT2D eigenvalue weighted by Crippen LogP contribution is -2.33. The summed E-state index contributed by atoms with van der Waals surface area (Å²) >= 11 is 0. The minimum Gasteiger partial charge on any atom is -0.409 e. The van der Waals surface area contributed by atoms with Gasteiger partial charge in [0.2, 0.25) is 0 Å². The zero-order valence-electron chi connectivity index (χ0n) is 12.3.